The zero-order chi connectivity index (χ0) is 14.0. The Morgan fingerprint density at radius 3 is 2.89 bits per heavy atom. The average Bonchev–Trinajstić information content (AvgIpc) is 2.70. The number of benzene rings is 1. The van der Waals surface area contributed by atoms with Crippen molar-refractivity contribution in [2.75, 3.05) is 0 Å². The van der Waals surface area contributed by atoms with E-state index in [9.17, 15) is 9.18 Å². The van der Waals surface area contributed by atoms with Crippen molar-refractivity contribution in [1.82, 2.24) is 15.1 Å². The Labute approximate surface area is 118 Å². The van der Waals surface area contributed by atoms with Crippen LogP contribution in [0.25, 0.3) is 0 Å². The molecule has 0 spiro atoms. The Bertz CT molecular complexity index is 624. The molecular weight excluding hydrogens is 313 g/mol. The van der Waals surface area contributed by atoms with E-state index in [1.54, 1.807) is 10.9 Å². The van der Waals surface area contributed by atoms with Gasteiger partial charge in [0.2, 0.25) is 0 Å². The first kappa shape index (κ1) is 13.7. The highest BCUT2D eigenvalue weighted by atomic mass is 79.9. The first-order valence-electron chi connectivity index (χ1n) is 5.69. The second-order valence-electron chi connectivity index (χ2n) is 4.19. The summed E-state index contributed by atoms with van der Waals surface area (Å²) in [7, 11) is 1.84. The fraction of sp³-hybridized carbons (Fsp3) is 0.231. The van der Waals surface area contributed by atoms with E-state index in [0.29, 0.717) is 11.0 Å². The Morgan fingerprint density at radius 1 is 1.53 bits per heavy atom. The molecule has 0 bridgehead atoms. The Kier molecular flexibility index (Phi) is 3.99. The molecule has 4 nitrogen and oxygen atoms in total. The van der Waals surface area contributed by atoms with Crippen molar-refractivity contribution in [2.45, 2.75) is 13.5 Å². The predicted molar refractivity (Wildman–Crippen MR) is 73.2 cm³/mol. The smallest absolute Gasteiger partial charge is 0.252 e. The standard InChI is InChI=1S/C13H13BrFN3O/c1-8-9(7-17-18(8)2)6-16-13(19)11-5-10(15)3-4-12(11)14/h3-5,7H,6H2,1-2H3,(H,16,19). The number of hydrogen-bond acceptors (Lipinski definition) is 2. The van der Waals surface area contributed by atoms with Gasteiger partial charge in [0.05, 0.1) is 11.8 Å². The van der Waals surface area contributed by atoms with Gasteiger partial charge in [0.1, 0.15) is 5.82 Å². The van der Waals surface area contributed by atoms with Gasteiger partial charge in [0.15, 0.2) is 0 Å². The maximum atomic E-state index is 13.1. The van der Waals surface area contributed by atoms with Gasteiger partial charge in [-0.3, -0.25) is 9.48 Å². The number of nitrogens with zero attached hydrogens (tertiary/aromatic N) is 2. The van der Waals surface area contributed by atoms with Crippen LogP contribution >= 0.6 is 15.9 Å². The van der Waals surface area contributed by atoms with Crippen LogP contribution in [0.3, 0.4) is 0 Å². The first-order chi connectivity index (χ1) is 8.99. The molecule has 0 saturated carbocycles. The van der Waals surface area contributed by atoms with Gasteiger partial charge in [0.25, 0.3) is 5.91 Å². The summed E-state index contributed by atoms with van der Waals surface area (Å²) < 4.78 is 15.4. The highest BCUT2D eigenvalue weighted by Gasteiger charge is 2.12. The van der Waals surface area contributed by atoms with Crippen LogP contribution in [0.2, 0.25) is 0 Å². The van der Waals surface area contributed by atoms with E-state index in [1.165, 1.54) is 18.2 Å². The molecule has 0 fully saturated rings. The highest BCUT2D eigenvalue weighted by molar-refractivity contribution is 9.10. The molecule has 6 heteroatoms. The normalized spacial score (nSPS) is 10.5. The van der Waals surface area contributed by atoms with Gasteiger partial charge in [-0.1, -0.05) is 0 Å². The third-order valence-corrected chi connectivity index (χ3v) is 3.64. The van der Waals surface area contributed by atoms with Crippen LogP contribution in [0.5, 0.6) is 0 Å². The van der Waals surface area contributed by atoms with Crippen LogP contribution in [0, 0.1) is 12.7 Å². The predicted octanol–water partition coefficient (Wildman–Crippen LogP) is 2.56. The molecule has 0 radical (unpaired) electrons. The summed E-state index contributed by atoms with van der Waals surface area (Å²) in [6.07, 6.45) is 1.70. The molecule has 1 heterocycles. The summed E-state index contributed by atoms with van der Waals surface area (Å²) in [6, 6.07) is 4.02. The van der Waals surface area contributed by atoms with Crippen LogP contribution in [0.4, 0.5) is 4.39 Å². The lowest BCUT2D eigenvalue weighted by Gasteiger charge is -2.07. The van der Waals surface area contributed by atoms with Crippen LogP contribution in [0.1, 0.15) is 21.6 Å². The summed E-state index contributed by atoms with van der Waals surface area (Å²) in [5, 5.41) is 6.84. The number of halogens is 2. The van der Waals surface area contributed by atoms with Crippen molar-refractivity contribution in [1.29, 1.82) is 0 Å². The maximum absolute atomic E-state index is 13.1. The van der Waals surface area contributed by atoms with E-state index in [4.69, 9.17) is 0 Å². The van der Waals surface area contributed by atoms with E-state index in [0.717, 1.165) is 11.3 Å². The molecule has 2 aromatic rings. The summed E-state index contributed by atoms with van der Waals surface area (Å²) in [4.78, 5) is 12.0. The van der Waals surface area contributed by atoms with Gasteiger partial charge < -0.3 is 5.32 Å². The minimum absolute atomic E-state index is 0.279. The lowest BCUT2D eigenvalue weighted by Crippen LogP contribution is -2.23. The molecule has 0 aliphatic heterocycles. The molecule has 0 unspecified atom stereocenters. The number of rotatable bonds is 3. The number of carbonyl (C=O) groups is 1. The van der Waals surface area contributed by atoms with Gasteiger partial charge in [-0.15, -0.1) is 0 Å². The van der Waals surface area contributed by atoms with Crippen molar-refractivity contribution < 1.29 is 9.18 Å². The molecule has 1 aromatic heterocycles. The van der Waals surface area contributed by atoms with Crippen molar-refractivity contribution in [3.8, 4) is 0 Å². The van der Waals surface area contributed by atoms with Gasteiger partial charge in [0, 0.05) is 29.3 Å². The van der Waals surface area contributed by atoms with Gasteiger partial charge >= 0.3 is 0 Å². The SMILES string of the molecule is Cc1c(CNC(=O)c2cc(F)ccc2Br)cnn1C. The topological polar surface area (TPSA) is 46.9 Å². The van der Waals surface area contributed by atoms with Crippen molar-refractivity contribution in [2.24, 2.45) is 7.05 Å². The summed E-state index contributed by atoms with van der Waals surface area (Å²) >= 11 is 3.23. The minimum atomic E-state index is -0.439. The van der Waals surface area contributed by atoms with Crippen molar-refractivity contribution in [3.63, 3.8) is 0 Å². The monoisotopic (exact) mass is 325 g/mol. The van der Waals surface area contributed by atoms with Crippen molar-refractivity contribution in [3.05, 3.63) is 51.5 Å². The second-order valence-corrected chi connectivity index (χ2v) is 5.04. The van der Waals surface area contributed by atoms with Gasteiger partial charge in [-0.25, -0.2) is 4.39 Å². The van der Waals surface area contributed by atoms with Crippen LogP contribution < -0.4 is 5.32 Å². The molecule has 19 heavy (non-hydrogen) atoms. The lowest BCUT2D eigenvalue weighted by molar-refractivity contribution is 0.0949. The lowest BCUT2D eigenvalue weighted by atomic mass is 10.2. The maximum Gasteiger partial charge on any atom is 0.252 e. The first-order valence-corrected chi connectivity index (χ1v) is 6.49. The summed E-state index contributed by atoms with van der Waals surface area (Å²) in [6.45, 7) is 2.29. The van der Waals surface area contributed by atoms with E-state index in [1.807, 2.05) is 14.0 Å². The third-order valence-electron chi connectivity index (χ3n) is 2.95. The Morgan fingerprint density at radius 2 is 2.26 bits per heavy atom. The Hall–Kier alpha value is -1.69. The molecule has 2 rings (SSSR count). The number of carbonyl (C=O) groups excluding carboxylic acids is 1. The molecular formula is C13H13BrFN3O. The van der Waals surface area contributed by atoms with Gasteiger partial charge in [-0.05, 0) is 41.1 Å². The minimum Gasteiger partial charge on any atom is -0.348 e. The van der Waals surface area contributed by atoms with E-state index in [-0.39, 0.29) is 11.5 Å². The second kappa shape index (κ2) is 5.52. The number of amides is 1. The molecule has 1 amide bonds. The van der Waals surface area contributed by atoms with Crippen molar-refractivity contribution >= 4 is 21.8 Å². The zero-order valence-electron chi connectivity index (χ0n) is 10.6. The van der Waals surface area contributed by atoms with E-state index < -0.39 is 5.82 Å². The number of aryl methyl sites for hydroxylation is 1. The number of hydrogen-bond donors (Lipinski definition) is 1. The molecule has 100 valence electrons. The van der Waals surface area contributed by atoms with Crippen LogP contribution in [-0.4, -0.2) is 15.7 Å². The molecule has 1 N–H and O–H groups in total. The zero-order valence-corrected chi connectivity index (χ0v) is 12.2. The number of aromatic nitrogens is 2. The fourth-order valence-corrected chi connectivity index (χ4v) is 2.09. The molecule has 0 saturated heterocycles. The van der Waals surface area contributed by atoms with Crippen LogP contribution in [0.15, 0.2) is 28.9 Å². The molecule has 1 aromatic carbocycles. The quantitative estimate of drug-likeness (QED) is 0.942. The fourth-order valence-electron chi connectivity index (χ4n) is 1.66. The molecule has 0 aliphatic rings. The van der Waals surface area contributed by atoms with Gasteiger partial charge in [-0.2, -0.15) is 5.10 Å². The summed E-state index contributed by atoms with van der Waals surface area (Å²) in [5.41, 5.74) is 2.20. The van der Waals surface area contributed by atoms with Crippen LogP contribution in [-0.2, 0) is 13.6 Å². The third kappa shape index (κ3) is 3.01. The Balaban J connectivity index is 2.09. The van der Waals surface area contributed by atoms with E-state index in [2.05, 4.69) is 26.3 Å². The number of nitrogens with one attached hydrogen (secondary N) is 1. The molecule has 0 atom stereocenters. The summed E-state index contributed by atoms with van der Waals surface area (Å²) in [5.74, 6) is -0.763. The molecule has 0 aliphatic carbocycles. The average molecular weight is 326 g/mol. The highest BCUT2D eigenvalue weighted by Crippen LogP contribution is 2.18. The van der Waals surface area contributed by atoms with E-state index >= 15 is 0 Å². The largest absolute Gasteiger partial charge is 0.348 e.